The van der Waals surface area contributed by atoms with Gasteiger partial charge in [0.25, 0.3) is 5.56 Å². The second kappa shape index (κ2) is 8.39. The molecule has 1 aliphatic carbocycles. The van der Waals surface area contributed by atoms with Crippen LogP contribution in [0.2, 0.25) is 0 Å². The molecule has 0 bridgehead atoms. The molecule has 4 rings (SSSR count). The van der Waals surface area contributed by atoms with E-state index in [1.807, 2.05) is 30.3 Å². The van der Waals surface area contributed by atoms with Crippen molar-refractivity contribution in [3.05, 3.63) is 82.3 Å². The van der Waals surface area contributed by atoms with E-state index in [1.165, 1.54) is 10.8 Å². The first-order valence-electron chi connectivity index (χ1n) is 9.83. The van der Waals surface area contributed by atoms with Gasteiger partial charge < -0.3 is 9.84 Å². The van der Waals surface area contributed by atoms with E-state index in [0.29, 0.717) is 29.2 Å². The number of carbonyl (C=O) groups is 2. The maximum absolute atomic E-state index is 13.5. The van der Waals surface area contributed by atoms with Gasteiger partial charge in [-0.15, -0.1) is 0 Å². The highest BCUT2D eigenvalue weighted by Gasteiger charge is 2.29. The molecule has 0 spiro atoms. The van der Waals surface area contributed by atoms with Crippen molar-refractivity contribution in [3.8, 4) is 22.8 Å². The lowest BCUT2D eigenvalue weighted by atomic mass is 9.90. The van der Waals surface area contributed by atoms with E-state index >= 15 is 0 Å². The molecule has 156 valence electrons. The minimum atomic E-state index is -0.617. The predicted octanol–water partition coefficient (Wildman–Crippen LogP) is 3.50. The number of ketones is 2. The van der Waals surface area contributed by atoms with Gasteiger partial charge in [-0.2, -0.15) is 0 Å². The number of methoxy groups -OCH3 is 1. The van der Waals surface area contributed by atoms with Crippen molar-refractivity contribution in [1.29, 1.82) is 0 Å². The molecule has 0 atom stereocenters. The van der Waals surface area contributed by atoms with Crippen LogP contribution in [0.15, 0.2) is 71.2 Å². The number of aromatic nitrogens is 2. The number of aliphatic hydroxyl groups excluding tert-OH is 1. The molecule has 7 heteroatoms. The topological polar surface area (TPSA) is 98.5 Å². The molecule has 7 nitrogen and oxygen atoms in total. The molecule has 2 aromatic carbocycles. The number of benzene rings is 2. The molecule has 0 saturated heterocycles. The van der Waals surface area contributed by atoms with Gasteiger partial charge in [0.05, 0.1) is 12.8 Å². The van der Waals surface area contributed by atoms with Crippen LogP contribution in [0.3, 0.4) is 0 Å². The molecule has 1 heterocycles. The lowest BCUT2D eigenvalue weighted by molar-refractivity contribution is -0.123. The van der Waals surface area contributed by atoms with Crippen molar-refractivity contribution < 1.29 is 19.4 Å². The third kappa shape index (κ3) is 3.77. The van der Waals surface area contributed by atoms with Gasteiger partial charge in [-0.3, -0.25) is 19.0 Å². The fourth-order valence-electron chi connectivity index (χ4n) is 3.59. The van der Waals surface area contributed by atoms with Gasteiger partial charge in [-0.05, 0) is 30.7 Å². The number of allylic oxidation sites excluding steroid dienone is 1. The minimum absolute atomic E-state index is 0.160. The highest BCUT2D eigenvalue weighted by atomic mass is 16.5. The molecule has 1 aliphatic rings. The zero-order valence-corrected chi connectivity index (χ0v) is 16.9. The molecule has 0 radical (unpaired) electrons. The Morgan fingerprint density at radius 2 is 1.61 bits per heavy atom. The van der Waals surface area contributed by atoms with Crippen LogP contribution in [0.1, 0.15) is 24.8 Å². The zero-order chi connectivity index (χ0) is 22.0. The van der Waals surface area contributed by atoms with Crippen LogP contribution in [0.25, 0.3) is 22.8 Å². The third-order valence-electron chi connectivity index (χ3n) is 5.18. The lowest BCUT2D eigenvalue weighted by Gasteiger charge is -2.16. The van der Waals surface area contributed by atoms with Gasteiger partial charge in [0.15, 0.2) is 11.6 Å². The molecule has 0 amide bonds. The average molecular weight is 416 g/mol. The van der Waals surface area contributed by atoms with Gasteiger partial charge in [-0.25, -0.2) is 4.98 Å². The van der Waals surface area contributed by atoms with Crippen molar-refractivity contribution in [1.82, 2.24) is 9.55 Å². The number of Topliss-reactive ketones (excluding diaryl/α,β-unsaturated/α-hetero) is 2. The molecule has 1 aromatic heterocycles. The summed E-state index contributed by atoms with van der Waals surface area (Å²) >= 11 is 0. The largest absolute Gasteiger partial charge is 0.506 e. The average Bonchev–Trinajstić information content (AvgIpc) is 2.79. The Kier molecular flexibility index (Phi) is 5.49. The van der Waals surface area contributed by atoms with Crippen molar-refractivity contribution in [3.63, 3.8) is 0 Å². The number of aliphatic hydroxyl groups is 1. The maximum atomic E-state index is 13.5. The molecule has 0 aliphatic heterocycles. The predicted molar refractivity (Wildman–Crippen MR) is 115 cm³/mol. The molecule has 1 saturated carbocycles. The summed E-state index contributed by atoms with van der Waals surface area (Å²) in [7, 11) is 1.54. The normalized spacial score (nSPS) is 13.9. The van der Waals surface area contributed by atoms with Crippen LogP contribution < -0.4 is 10.3 Å². The minimum Gasteiger partial charge on any atom is -0.506 e. The summed E-state index contributed by atoms with van der Waals surface area (Å²) in [6.45, 7) is 0. The van der Waals surface area contributed by atoms with Gasteiger partial charge >= 0.3 is 0 Å². The second-order valence-corrected chi connectivity index (χ2v) is 7.12. The maximum Gasteiger partial charge on any atom is 0.269 e. The Labute approximate surface area is 178 Å². The molecular weight excluding hydrogens is 396 g/mol. The first kappa shape index (κ1) is 20.3. The van der Waals surface area contributed by atoms with Crippen molar-refractivity contribution in [2.75, 3.05) is 7.11 Å². The first-order chi connectivity index (χ1) is 15.0. The van der Waals surface area contributed by atoms with Crippen LogP contribution in [0, 0.1) is 0 Å². The Morgan fingerprint density at radius 1 is 0.968 bits per heavy atom. The highest BCUT2D eigenvalue weighted by molar-refractivity contribution is 6.25. The Bertz CT molecular complexity index is 1220. The Morgan fingerprint density at radius 3 is 2.23 bits per heavy atom. The van der Waals surface area contributed by atoms with Crippen LogP contribution in [0.5, 0.6) is 5.75 Å². The molecule has 31 heavy (non-hydrogen) atoms. The van der Waals surface area contributed by atoms with E-state index in [4.69, 9.17) is 4.74 Å². The van der Waals surface area contributed by atoms with Gasteiger partial charge in [0.2, 0.25) is 0 Å². The fourth-order valence-corrected chi connectivity index (χ4v) is 3.59. The van der Waals surface area contributed by atoms with Crippen LogP contribution in [-0.2, 0) is 9.59 Å². The fraction of sp³-hybridized carbons (Fsp3) is 0.167. The van der Waals surface area contributed by atoms with Crippen molar-refractivity contribution >= 4 is 17.3 Å². The Balaban J connectivity index is 1.97. The number of ether oxygens (including phenoxy) is 1. The standard InChI is InChI=1S/C24H20N2O5/c1-31-17-12-10-16(11-13-17)26-23(15-6-3-2-4-7-15)25-14-18(24(26)30)22(29)21-19(27)8-5-9-20(21)28/h2-4,6-7,10-14,29H,5,8-9H2,1H3. The quantitative estimate of drug-likeness (QED) is 0.397. The van der Waals surface area contributed by atoms with E-state index in [9.17, 15) is 19.5 Å². The summed E-state index contributed by atoms with van der Waals surface area (Å²) in [5, 5.41) is 10.7. The van der Waals surface area contributed by atoms with Crippen molar-refractivity contribution in [2.45, 2.75) is 19.3 Å². The smallest absolute Gasteiger partial charge is 0.269 e. The van der Waals surface area contributed by atoms with Gasteiger partial charge in [0, 0.05) is 24.6 Å². The van der Waals surface area contributed by atoms with Crippen LogP contribution in [0.4, 0.5) is 0 Å². The first-order valence-corrected chi connectivity index (χ1v) is 9.83. The number of carbonyl (C=O) groups excluding carboxylic acids is 2. The van der Waals surface area contributed by atoms with E-state index < -0.39 is 22.9 Å². The summed E-state index contributed by atoms with van der Waals surface area (Å²) < 4.78 is 6.54. The summed E-state index contributed by atoms with van der Waals surface area (Å²) in [6.07, 6.45) is 1.97. The van der Waals surface area contributed by atoms with Gasteiger partial charge in [0.1, 0.15) is 28.5 Å². The highest BCUT2D eigenvalue weighted by Crippen LogP contribution is 2.25. The van der Waals surface area contributed by atoms with E-state index in [-0.39, 0.29) is 24.0 Å². The summed E-state index contributed by atoms with van der Waals surface area (Å²) in [5.74, 6) is -0.564. The number of rotatable bonds is 4. The summed E-state index contributed by atoms with van der Waals surface area (Å²) in [5.41, 5.74) is 0.0835. The monoisotopic (exact) mass is 416 g/mol. The molecule has 1 N–H and O–H groups in total. The lowest BCUT2D eigenvalue weighted by Crippen LogP contribution is -2.27. The number of hydrogen-bond acceptors (Lipinski definition) is 6. The summed E-state index contributed by atoms with van der Waals surface area (Å²) in [6, 6.07) is 15.9. The number of hydrogen-bond donors (Lipinski definition) is 1. The number of nitrogens with zero attached hydrogens (tertiary/aromatic N) is 2. The van der Waals surface area contributed by atoms with E-state index in [2.05, 4.69) is 4.98 Å². The van der Waals surface area contributed by atoms with Crippen molar-refractivity contribution in [2.24, 2.45) is 0 Å². The molecule has 3 aromatic rings. The van der Waals surface area contributed by atoms with Gasteiger partial charge in [-0.1, -0.05) is 30.3 Å². The third-order valence-corrected chi connectivity index (χ3v) is 5.18. The van der Waals surface area contributed by atoms with E-state index in [1.54, 1.807) is 31.4 Å². The molecule has 1 fully saturated rings. The molecular formula is C24H20N2O5. The Hall–Kier alpha value is -4.00. The van der Waals surface area contributed by atoms with E-state index in [0.717, 1.165) is 0 Å². The molecule has 0 unspecified atom stereocenters. The summed E-state index contributed by atoms with van der Waals surface area (Å²) in [4.78, 5) is 42.4. The van der Waals surface area contributed by atoms with Crippen LogP contribution >= 0.6 is 0 Å². The van der Waals surface area contributed by atoms with Crippen LogP contribution in [-0.4, -0.2) is 33.3 Å². The SMILES string of the molecule is COc1ccc(-n2c(-c3ccccc3)ncc(C(O)=C3C(=O)CCCC3=O)c2=O)cc1. The second-order valence-electron chi connectivity index (χ2n) is 7.12. The zero-order valence-electron chi connectivity index (χ0n) is 16.9.